The fourth-order valence-electron chi connectivity index (χ4n) is 1.78. The number of ether oxygens (including phenoxy) is 3. The van der Waals surface area contributed by atoms with Gasteiger partial charge in [0.1, 0.15) is 28.4 Å². The van der Waals surface area contributed by atoms with Gasteiger partial charge in [0, 0.05) is 0 Å². The Hall–Kier alpha value is -1.29. The molecule has 0 aromatic heterocycles. The summed E-state index contributed by atoms with van der Waals surface area (Å²) in [5, 5.41) is -0.438. The third-order valence-corrected chi connectivity index (χ3v) is 2.78. The van der Waals surface area contributed by atoms with Crippen molar-refractivity contribution in [3.05, 3.63) is 17.7 Å². The first-order chi connectivity index (χ1) is 7.91. The lowest BCUT2D eigenvalue weighted by atomic mass is 9.59. The van der Waals surface area contributed by atoms with Crippen LogP contribution in [0.2, 0.25) is 0 Å². The molecule has 2 rings (SSSR count). The topological polar surface area (TPSA) is 53.7 Å². The average Bonchev–Trinajstić information content (AvgIpc) is 2.25. The highest BCUT2D eigenvalue weighted by Gasteiger charge is 2.25. The fourth-order valence-corrected chi connectivity index (χ4v) is 1.78. The van der Waals surface area contributed by atoms with Gasteiger partial charge in [-0.25, -0.2) is 0 Å². The van der Waals surface area contributed by atoms with Gasteiger partial charge in [0.25, 0.3) is 0 Å². The standard InChI is InChI=1S/C11H17B2NO3/c1-6-5-16-10-8(15-2)3-7(11(12,13)14)4-9(10)17-6/h3-4,6H,5,12-14H2,1-2H3. The maximum Gasteiger partial charge on any atom is 0.203 e. The third-order valence-electron chi connectivity index (χ3n) is 2.78. The van der Waals surface area contributed by atoms with E-state index >= 15 is 0 Å². The summed E-state index contributed by atoms with van der Waals surface area (Å²) in [5.74, 6) is 2.04. The Kier molecular flexibility index (Phi) is 3.00. The monoisotopic (exact) mass is 233 g/mol. The highest BCUT2D eigenvalue weighted by molar-refractivity contribution is 6.39. The molecule has 2 N–H and O–H groups in total. The van der Waals surface area contributed by atoms with Crippen molar-refractivity contribution in [3.63, 3.8) is 0 Å². The van der Waals surface area contributed by atoms with Crippen LogP contribution in [0.4, 0.5) is 0 Å². The lowest BCUT2D eigenvalue weighted by molar-refractivity contribution is 0.100. The molecule has 0 radical (unpaired) electrons. The maximum atomic E-state index is 6.10. The molecule has 90 valence electrons. The Morgan fingerprint density at radius 3 is 2.76 bits per heavy atom. The molecule has 0 bridgehead atoms. The molecule has 1 heterocycles. The second-order valence-electron chi connectivity index (χ2n) is 4.97. The number of nitrogens with two attached hydrogens (primary N) is 1. The van der Waals surface area contributed by atoms with E-state index in [0.29, 0.717) is 23.9 Å². The first kappa shape index (κ1) is 12.2. The zero-order chi connectivity index (χ0) is 12.6. The maximum absolute atomic E-state index is 6.10. The second kappa shape index (κ2) is 4.18. The molecule has 0 spiro atoms. The molecule has 1 aliphatic heterocycles. The zero-order valence-electron chi connectivity index (χ0n) is 10.7. The van der Waals surface area contributed by atoms with Crippen LogP contribution < -0.4 is 19.9 Å². The van der Waals surface area contributed by atoms with Crippen molar-refractivity contribution in [2.75, 3.05) is 13.7 Å². The molecule has 0 aliphatic carbocycles. The summed E-state index contributed by atoms with van der Waals surface area (Å²) in [6.45, 7) is 2.50. The van der Waals surface area contributed by atoms with Crippen LogP contribution >= 0.6 is 0 Å². The van der Waals surface area contributed by atoms with Gasteiger partial charge in [0.15, 0.2) is 11.5 Å². The van der Waals surface area contributed by atoms with E-state index in [9.17, 15) is 0 Å². The molecule has 0 saturated heterocycles. The normalized spacial score (nSPS) is 18.9. The van der Waals surface area contributed by atoms with Crippen molar-refractivity contribution in [2.45, 2.75) is 18.4 Å². The minimum absolute atomic E-state index is 0.0448. The molecule has 4 nitrogen and oxygen atoms in total. The van der Waals surface area contributed by atoms with Crippen LogP contribution in [0.3, 0.4) is 0 Å². The lowest BCUT2D eigenvalue weighted by Gasteiger charge is -2.28. The average molecular weight is 233 g/mol. The van der Waals surface area contributed by atoms with E-state index in [1.807, 2.05) is 34.7 Å². The first-order valence-electron chi connectivity index (χ1n) is 5.72. The van der Waals surface area contributed by atoms with Crippen LogP contribution in [0, 0.1) is 0 Å². The number of rotatable bonds is 2. The molecular formula is C11H17B2NO3. The molecule has 17 heavy (non-hydrogen) atoms. The molecule has 0 saturated carbocycles. The van der Waals surface area contributed by atoms with Crippen molar-refractivity contribution in [1.29, 1.82) is 0 Å². The number of fused-ring (bicyclic) bond motifs is 1. The summed E-state index contributed by atoms with van der Waals surface area (Å²) in [5.41, 5.74) is 7.06. The number of benzene rings is 1. The van der Waals surface area contributed by atoms with Gasteiger partial charge in [0.2, 0.25) is 5.75 Å². The Labute approximate surface area is 103 Å². The van der Waals surface area contributed by atoms with Crippen molar-refractivity contribution >= 4 is 15.7 Å². The van der Waals surface area contributed by atoms with E-state index in [0.717, 1.165) is 5.56 Å². The van der Waals surface area contributed by atoms with Crippen molar-refractivity contribution < 1.29 is 14.2 Å². The van der Waals surface area contributed by atoms with Gasteiger partial charge < -0.3 is 19.9 Å². The van der Waals surface area contributed by atoms with Gasteiger partial charge in [-0.05, 0) is 30.0 Å². The largest absolute Gasteiger partial charge is 0.493 e. The second-order valence-corrected chi connectivity index (χ2v) is 4.97. The zero-order valence-corrected chi connectivity index (χ0v) is 10.7. The van der Waals surface area contributed by atoms with Crippen molar-refractivity contribution in [3.8, 4) is 17.2 Å². The number of hydrogen-bond acceptors (Lipinski definition) is 4. The molecule has 1 unspecified atom stereocenters. The summed E-state index contributed by atoms with van der Waals surface area (Å²) >= 11 is 0. The summed E-state index contributed by atoms with van der Waals surface area (Å²) in [6, 6.07) is 3.83. The Morgan fingerprint density at radius 2 is 2.18 bits per heavy atom. The van der Waals surface area contributed by atoms with E-state index in [1.54, 1.807) is 7.11 Å². The minimum Gasteiger partial charge on any atom is -0.493 e. The Bertz CT molecular complexity index is 431. The third kappa shape index (κ3) is 2.36. The predicted octanol–water partition coefficient (Wildman–Crippen LogP) is -0.810. The van der Waals surface area contributed by atoms with Gasteiger partial charge in [-0.3, -0.25) is 0 Å². The summed E-state index contributed by atoms with van der Waals surface area (Å²) in [6.07, 6.45) is 0.0448. The van der Waals surface area contributed by atoms with Crippen LogP contribution in [0.5, 0.6) is 17.2 Å². The summed E-state index contributed by atoms with van der Waals surface area (Å²) in [7, 11) is 5.51. The van der Waals surface area contributed by atoms with Crippen molar-refractivity contribution in [1.82, 2.24) is 0 Å². The van der Waals surface area contributed by atoms with Crippen LogP contribution in [0.25, 0.3) is 0 Å². The van der Waals surface area contributed by atoms with Gasteiger partial charge in [-0.1, -0.05) is 0 Å². The van der Waals surface area contributed by atoms with Gasteiger partial charge in [-0.2, -0.15) is 0 Å². The van der Waals surface area contributed by atoms with E-state index < -0.39 is 5.34 Å². The molecule has 6 heteroatoms. The molecule has 0 fully saturated rings. The summed E-state index contributed by atoms with van der Waals surface area (Å²) < 4.78 is 16.7. The molecule has 1 atom stereocenters. The summed E-state index contributed by atoms with van der Waals surface area (Å²) in [4.78, 5) is 0. The molecule has 1 aromatic carbocycles. The van der Waals surface area contributed by atoms with E-state index in [-0.39, 0.29) is 6.10 Å². The fraction of sp³-hybridized carbons (Fsp3) is 0.455. The van der Waals surface area contributed by atoms with Gasteiger partial charge in [0.05, 0.1) is 7.11 Å². The van der Waals surface area contributed by atoms with E-state index in [2.05, 4.69) is 0 Å². The Morgan fingerprint density at radius 1 is 1.47 bits per heavy atom. The minimum atomic E-state index is -0.438. The lowest BCUT2D eigenvalue weighted by Crippen LogP contribution is -2.37. The molecule has 1 aromatic rings. The van der Waals surface area contributed by atoms with Crippen LogP contribution in [0.15, 0.2) is 12.1 Å². The van der Waals surface area contributed by atoms with Crippen LogP contribution in [-0.4, -0.2) is 35.5 Å². The highest BCUT2D eigenvalue weighted by atomic mass is 16.6. The van der Waals surface area contributed by atoms with Crippen molar-refractivity contribution in [2.24, 2.45) is 5.73 Å². The molecule has 0 amide bonds. The SMILES string of the molecule is BC(B)(N)c1cc(OC)c2c(c1)OC(C)CO2. The molecule has 1 aliphatic rings. The number of methoxy groups -OCH3 is 1. The quantitative estimate of drug-likeness (QED) is 0.678. The van der Waals surface area contributed by atoms with Crippen LogP contribution in [0.1, 0.15) is 12.5 Å². The van der Waals surface area contributed by atoms with Gasteiger partial charge in [-0.15, -0.1) is 0 Å². The van der Waals surface area contributed by atoms with Gasteiger partial charge >= 0.3 is 0 Å². The first-order valence-corrected chi connectivity index (χ1v) is 5.72. The van der Waals surface area contributed by atoms with E-state index in [1.165, 1.54) is 0 Å². The predicted molar refractivity (Wildman–Crippen MR) is 71.5 cm³/mol. The molecular weight excluding hydrogens is 216 g/mol. The van der Waals surface area contributed by atoms with E-state index in [4.69, 9.17) is 19.9 Å². The highest BCUT2D eigenvalue weighted by Crippen LogP contribution is 2.42. The Balaban J connectivity index is 2.51. The smallest absolute Gasteiger partial charge is 0.203 e. The van der Waals surface area contributed by atoms with Crippen LogP contribution in [-0.2, 0) is 5.34 Å². The number of hydrogen-bond donors (Lipinski definition) is 1.